The average Bonchev–Trinajstić information content (AvgIpc) is 2.99. The number of nitrogens with one attached hydrogen (secondary N) is 1. The molecule has 0 aliphatic carbocycles. The molecule has 0 aromatic heterocycles. The molecule has 2 aromatic rings. The number of rotatable bonds is 5. The molecule has 0 radical (unpaired) electrons. The maximum absolute atomic E-state index is 12.4. The third-order valence-electron chi connectivity index (χ3n) is 4.31. The van der Waals surface area contributed by atoms with Crippen molar-refractivity contribution in [2.24, 2.45) is 4.99 Å². The molecular weight excluding hydrogens is 376 g/mol. The quantitative estimate of drug-likeness (QED) is 0.745. The summed E-state index contributed by atoms with van der Waals surface area (Å²) in [4.78, 5) is 28.4. The number of hydrogen-bond donors (Lipinski definition) is 2. The van der Waals surface area contributed by atoms with Gasteiger partial charge in [0.25, 0.3) is 5.91 Å². The number of ether oxygens (including phenoxy) is 1. The molecular formula is C21H20N2O4S. The van der Waals surface area contributed by atoms with Gasteiger partial charge in [-0.1, -0.05) is 30.3 Å². The molecule has 1 aliphatic rings. The summed E-state index contributed by atoms with van der Waals surface area (Å²) in [6.07, 6.45) is 0.682. The molecule has 1 heterocycles. The number of benzene rings is 2. The maximum Gasteiger partial charge on any atom is 0.344 e. The van der Waals surface area contributed by atoms with E-state index < -0.39 is 12.1 Å². The van der Waals surface area contributed by atoms with Crippen LogP contribution in [0.5, 0.6) is 5.75 Å². The number of aliphatic imine (C=N–C) groups is 1. The van der Waals surface area contributed by atoms with E-state index in [9.17, 15) is 9.59 Å². The van der Waals surface area contributed by atoms with Crippen LogP contribution < -0.4 is 10.1 Å². The first-order chi connectivity index (χ1) is 13.3. The zero-order chi connectivity index (χ0) is 20.3. The number of aliphatic carboxylic acids is 1. The highest BCUT2D eigenvalue weighted by Crippen LogP contribution is 2.32. The van der Waals surface area contributed by atoms with Crippen molar-refractivity contribution in [3.63, 3.8) is 0 Å². The standard InChI is InChI=1S/C21H20N2O4S/c1-12-7-6-9-16(13(12)2)22-21-23-19(24)18(28-21)11-15-8-4-5-10-17(15)27-14(3)20(25)26/h4-11,14H,1-3H3,(H,25,26)(H,22,23,24)/b18-11+. The summed E-state index contributed by atoms with van der Waals surface area (Å²) >= 11 is 1.24. The Morgan fingerprint density at radius 1 is 1.21 bits per heavy atom. The predicted octanol–water partition coefficient (Wildman–Crippen LogP) is 4.05. The van der Waals surface area contributed by atoms with Gasteiger partial charge in [-0.15, -0.1) is 0 Å². The van der Waals surface area contributed by atoms with Gasteiger partial charge in [-0.25, -0.2) is 9.79 Å². The van der Waals surface area contributed by atoms with Crippen LogP contribution in [0.3, 0.4) is 0 Å². The van der Waals surface area contributed by atoms with E-state index in [1.807, 2.05) is 32.0 Å². The number of carboxylic acids is 1. The molecule has 144 valence electrons. The maximum atomic E-state index is 12.4. The molecule has 1 unspecified atom stereocenters. The van der Waals surface area contributed by atoms with Crippen LogP contribution in [0.4, 0.5) is 5.69 Å². The number of thioether (sulfide) groups is 1. The molecule has 28 heavy (non-hydrogen) atoms. The molecule has 0 spiro atoms. The van der Waals surface area contributed by atoms with Crippen molar-refractivity contribution < 1.29 is 19.4 Å². The van der Waals surface area contributed by atoms with Crippen molar-refractivity contribution in [2.45, 2.75) is 26.9 Å². The van der Waals surface area contributed by atoms with E-state index in [4.69, 9.17) is 9.84 Å². The highest BCUT2D eigenvalue weighted by atomic mass is 32.2. The number of amidine groups is 1. The smallest absolute Gasteiger partial charge is 0.344 e. The van der Waals surface area contributed by atoms with Crippen molar-refractivity contribution in [3.8, 4) is 5.75 Å². The van der Waals surface area contributed by atoms with Crippen LogP contribution in [0.25, 0.3) is 6.08 Å². The number of carbonyl (C=O) groups is 2. The summed E-state index contributed by atoms with van der Waals surface area (Å²) in [5, 5.41) is 12.3. The van der Waals surface area contributed by atoms with Crippen LogP contribution >= 0.6 is 11.8 Å². The molecule has 0 saturated carbocycles. The van der Waals surface area contributed by atoms with E-state index in [1.54, 1.807) is 30.3 Å². The Balaban J connectivity index is 1.87. The Morgan fingerprint density at radius 2 is 1.96 bits per heavy atom. The predicted molar refractivity (Wildman–Crippen MR) is 111 cm³/mol. The van der Waals surface area contributed by atoms with Gasteiger partial charge >= 0.3 is 5.97 Å². The molecule has 1 fully saturated rings. The lowest BCUT2D eigenvalue weighted by atomic mass is 10.1. The third kappa shape index (κ3) is 4.43. The molecule has 1 amide bonds. The second kappa shape index (κ2) is 8.31. The lowest BCUT2D eigenvalue weighted by Gasteiger charge is -2.12. The van der Waals surface area contributed by atoms with Crippen molar-refractivity contribution in [2.75, 3.05) is 0 Å². The van der Waals surface area contributed by atoms with Crippen LogP contribution in [0.1, 0.15) is 23.6 Å². The first kappa shape index (κ1) is 19.7. The zero-order valence-corrected chi connectivity index (χ0v) is 16.5. The Labute approximate surface area is 167 Å². The molecule has 1 atom stereocenters. The average molecular weight is 396 g/mol. The summed E-state index contributed by atoms with van der Waals surface area (Å²) in [7, 11) is 0. The van der Waals surface area contributed by atoms with E-state index in [0.717, 1.165) is 16.8 Å². The van der Waals surface area contributed by atoms with E-state index in [1.165, 1.54) is 18.7 Å². The van der Waals surface area contributed by atoms with Crippen molar-refractivity contribution >= 4 is 40.6 Å². The summed E-state index contributed by atoms with van der Waals surface area (Å²) in [5.41, 5.74) is 3.62. The Hall–Kier alpha value is -3.06. The minimum absolute atomic E-state index is 0.254. The van der Waals surface area contributed by atoms with Crippen LogP contribution in [-0.4, -0.2) is 28.3 Å². The van der Waals surface area contributed by atoms with Gasteiger partial charge in [0, 0.05) is 5.56 Å². The number of amides is 1. The van der Waals surface area contributed by atoms with E-state index >= 15 is 0 Å². The summed E-state index contributed by atoms with van der Waals surface area (Å²) in [5.74, 6) is -0.910. The number of nitrogens with zero attached hydrogens (tertiary/aromatic N) is 1. The number of hydrogen-bond acceptors (Lipinski definition) is 5. The summed E-state index contributed by atoms with van der Waals surface area (Å²) in [6, 6.07) is 12.8. The molecule has 2 N–H and O–H groups in total. The molecule has 1 saturated heterocycles. The van der Waals surface area contributed by atoms with Crippen molar-refractivity contribution in [3.05, 3.63) is 64.1 Å². The summed E-state index contributed by atoms with van der Waals surface area (Å²) < 4.78 is 5.49. The topological polar surface area (TPSA) is 88.0 Å². The monoisotopic (exact) mass is 396 g/mol. The minimum atomic E-state index is -1.06. The minimum Gasteiger partial charge on any atom is -0.479 e. The molecule has 1 aliphatic heterocycles. The van der Waals surface area contributed by atoms with Gasteiger partial charge in [-0.3, -0.25) is 4.79 Å². The number of para-hydroxylation sites is 1. The number of carbonyl (C=O) groups excluding carboxylic acids is 1. The van der Waals surface area contributed by atoms with Gasteiger partial charge in [0.1, 0.15) is 5.75 Å². The summed E-state index contributed by atoms with van der Waals surface area (Å²) in [6.45, 7) is 5.46. The lowest BCUT2D eigenvalue weighted by molar-refractivity contribution is -0.144. The molecule has 3 rings (SSSR count). The third-order valence-corrected chi connectivity index (χ3v) is 5.22. The zero-order valence-electron chi connectivity index (χ0n) is 15.7. The van der Waals surface area contributed by atoms with Crippen LogP contribution in [-0.2, 0) is 9.59 Å². The first-order valence-corrected chi connectivity index (χ1v) is 9.51. The molecule has 0 bridgehead atoms. The van der Waals surface area contributed by atoms with Gasteiger partial charge in [-0.05, 0) is 61.9 Å². The molecule has 6 nitrogen and oxygen atoms in total. The highest BCUT2D eigenvalue weighted by Gasteiger charge is 2.25. The molecule has 7 heteroatoms. The van der Waals surface area contributed by atoms with Gasteiger partial charge in [0.15, 0.2) is 11.3 Å². The van der Waals surface area contributed by atoms with E-state index in [0.29, 0.717) is 21.4 Å². The highest BCUT2D eigenvalue weighted by molar-refractivity contribution is 8.18. The normalized spacial score (nSPS) is 17.6. The fourth-order valence-corrected chi connectivity index (χ4v) is 3.36. The van der Waals surface area contributed by atoms with Gasteiger partial charge in [-0.2, -0.15) is 0 Å². The SMILES string of the molecule is Cc1cccc(N=C2NC(=O)/C(=C\c3ccccc3OC(C)C(=O)O)S2)c1C. The Bertz CT molecular complexity index is 998. The Kier molecular flexibility index (Phi) is 5.84. The number of carboxylic acid groups (broad SMARTS) is 1. The van der Waals surface area contributed by atoms with Gasteiger partial charge < -0.3 is 15.2 Å². The van der Waals surface area contributed by atoms with Crippen LogP contribution in [0, 0.1) is 13.8 Å². The number of aryl methyl sites for hydroxylation is 1. The molecule has 2 aromatic carbocycles. The first-order valence-electron chi connectivity index (χ1n) is 8.69. The largest absolute Gasteiger partial charge is 0.479 e. The van der Waals surface area contributed by atoms with Gasteiger partial charge in [0.2, 0.25) is 0 Å². The van der Waals surface area contributed by atoms with Crippen LogP contribution in [0.15, 0.2) is 52.4 Å². The fraction of sp³-hybridized carbons (Fsp3) is 0.190. The van der Waals surface area contributed by atoms with Crippen molar-refractivity contribution in [1.29, 1.82) is 0 Å². The van der Waals surface area contributed by atoms with Crippen LogP contribution in [0.2, 0.25) is 0 Å². The Morgan fingerprint density at radius 3 is 2.71 bits per heavy atom. The second-order valence-corrected chi connectivity index (χ2v) is 7.37. The van der Waals surface area contributed by atoms with Gasteiger partial charge in [0.05, 0.1) is 10.6 Å². The van der Waals surface area contributed by atoms with Crippen molar-refractivity contribution in [1.82, 2.24) is 5.32 Å². The van der Waals surface area contributed by atoms with E-state index in [2.05, 4.69) is 10.3 Å². The fourth-order valence-electron chi connectivity index (χ4n) is 2.54. The van der Waals surface area contributed by atoms with E-state index in [-0.39, 0.29) is 5.91 Å². The second-order valence-electron chi connectivity index (χ2n) is 6.34. The lowest BCUT2D eigenvalue weighted by Crippen LogP contribution is -2.23.